The van der Waals surface area contributed by atoms with Crippen molar-refractivity contribution in [3.8, 4) is 11.5 Å². The number of rotatable bonds is 6. The Morgan fingerprint density at radius 1 is 1.05 bits per heavy atom. The summed E-state index contributed by atoms with van der Waals surface area (Å²) < 4.78 is 10.8. The summed E-state index contributed by atoms with van der Waals surface area (Å²) in [6.45, 7) is 0.351. The zero-order chi connectivity index (χ0) is 15.2. The minimum absolute atomic E-state index is 0.0476. The standard InChI is InChI=1S/C16H14O5/c1-20-14-9-12(15(17)16(18)19)7-8-13(14)21-10-11-5-3-2-4-6-11/h2-9H,10H2,1H3,(H,18,19). The molecule has 0 aromatic heterocycles. The lowest BCUT2D eigenvalue weighted by Gasteiger charge is -2.11. The van der Waals surface area contributed by atoms with Crippen molar-refractivity contribution in [3.63, 3.8) is 0 Å². The molecule has 0 aliphatic heterocycles. The highest BCUT2D eigenvalue weighted by atomic mass is 16.5. The van der Waals surface area contributed by atoms with Crippen LogP contribution in [0.2, 0.25) is 0 Å². The number of Topliss-reactive ketones (excluding diaryl/α,β-unsaturated/α-hetero) is 1. The summed E-state index contributed by atoms with van der Waals surface area (Å²) in [5.74, 6) is -1.72. The molecule has 0 atom stereocenters. The number of hydrogen-bond donors (Lipinski definition) is 1. The Balaban J connectivity index is 2.17. The van der Waals surface area contributed by atoms with Gasteiger partial charge in [-0.25, -0.2) is 4.79 Å². The SMILES string of the molecule is COc1cc(C(=O)C(=O)O)ccc1OCc1ccccc1. The largest absolute Gasteiger partial charge is 0.493 e. The summed E-state index contributed by atoms with van der Waals surface area (Å²) in [5.41, 5.74) is 1.04. The molecule has 21 heavy (non-hydrogen) atoms. The first-order valence-electron chi connectivity index (χ1n) is 6.24. The third-order valence-electron chi connectivity index (χ3n) is 2.86. The monoisotopic (exact) mass is 286 g/mol. The minimum atomic E-state index is -1.50. The van der Waals surface area contributed by atoms with Crippen molar-refractivity contribution in [1.29, 1.82) is 0 Å². The fourth-order valence-electron chi connectivity index (χ4n) is 1.79. The van der Waals surface area contributed by atoms with Crippen molar-refractivity contribution >= 4 is 11.8 Å². The highest BCUT2D eigenvalue weighted by Gasteiger charge is 2.17. The van der Waals surface area contributed by atoms with Crippen molar-refractivity contribution < 1.29 is 24.2 Å². The van der Waals surface area contributed by atoms with E-state index in [1.54, 1.807) is 0 Å². The van der Waals surface area contributed by atoms with Crippen LogP contribution >= 0.6 is 0 Å². The van der Waals surface area contributed by atoms with Crippen LogP contribution in [0.1, 0.15) is 15.9 Å². The highest BCUT2D eigenvalue weighted by Crippen LogP contribution is 2.29. The van der Waals surface area contributed by atoms with Crippen molar-refractivity contribution in [2.24, 2.45) is 0 Å². The molecule has 2 rings (SSSR count). The summed E-state index contributed by atoms with van der Waals surface area (Å²) in [6, 6.07) is 13.9. The number of hydrogen-bond acceptors (Lipinski definition) is 4. The molecule has 0 bridgehead atoms. The number of carbonyl (C=O) groups excluding carboxylic acids is 1. The van der Waals surface area contributed by atoms with Gasteiger partial charge >= 0.3 is 5.97 Å². The van der Waals surface area contributed by atoms with Gasteiger partial charge in [0.05, 0.1) is 7.11 Å². The molecule has 0 saturated heterocycles. The number of ether oxygens (including phenoxy) is 2. The van der Waals surface area contributed by atoms with Crippen molar-refractivity contribution in [1.82, 2.24) is 0 Å². The fourth-order valence-corrected chi connectivity index (χ4v) is 1.79. The molecule has 0 aliphatic rings. The molecule has 0 amide bonds. The van der Waals surface area contributed by atoms with E-state index in [1.165, 1.54) is 25.3 Å². The van der Waals surface area contributed by atoms with E-state index in [-0.39, 0.29) is 5.56 Å². The molecule has 5 nitrogen and oxygen atoms in total. The second kappa shape index (κ2) is 6.56. The van der Waals surface area contributed by atoms with E-state index in [2.05, 4.69) is 0 Å². The van der Waals surface area contributed by atoms with E-state index in [4.69, 9.17) is 14.6 Å². The lowest BCUT2D eigenvalue weighted by molar-refractivity contribution is -0.131. The van der Waals surface area contributed by atoms with Gasteiger partial charge in [-0.15, -0.1) is 0 Å². The minimum Gasteiger partial charge on any atom is -0.493 e. The summed E-state index contributed by atoms with van der Waals surface area (Å²) in [4.78, 5) is 22.1. The molecule has 0 fully saturated rings. The maximum absolute atomic E-state index is 11.4. The van der Waals surface area contributed by atoms with Gasteiger partial charge in [-0.1, -0.05) is 30.3 Å². The van der Waals surface area contributed by atoms with Crippen LogP contribution in [0.15, 0.2) is 48.5 Å². The maximum atomic E-state index is 11.4. The third-order valence-corrected chi connectivity index (χ3v) is 2.86. The van der Waals surface area contributed by atoms with E-state index in [0.717, 1.165) is 5.56 Å². The number of benzene rings is 2. The molecule has 5 heteroatoms. The molecule has 0 saturated carbocycles. The number of methoxy groups -OCH3 is 1. The van der Waals surface area contributed by atoms with E-state index in [9.17, 15) is 9.59 Å². The molecule has 0 aliphatic carbocycles. The van der Waals surface area contributed by atoms with Crippen LogP contribution in [0.5, 0.6) is 11.5 Å². The molecule has 0 unspecified atom stereocenters. The molecular formula is C16H14O5. The van der Waals surface area contributed by atoms with Gasteiger partial charge in [-0.2, -0.15) is 0 Å². The molecular weight excluding hydrogens is 272 g/mol. The van der Waals surface area contributed by atoms with Gasteiger partial charge in [-0.05, 0) is 23.8 Å². The van der Waals surface area contributed by atoms with Crippen molar-refractivity contribution in [2.75, 3.05) is 7.11 Å². The topological polar surface area (TPSA) is 72.8 Å². The van der Waals surface area contributed by atoms with Crippen LogP contribution in [0.25, 0.3) is 0 Å². The van der Waals surface area contributed by atoms with Crippen LogP contribution in [0.3, 0.4) is 0 Å². The Labute approximate surface area is 121 Å². The predicted octanol–water partition coefficient (Wildman–Crippen LogP) is 2.54. The highest BCUT2D eigenvalue weighted by molar-refractivity contribution is 6.39. The number of carboxylic acids is 1. The fraction of sp³-hybridized carbons (Fsp3) is 0.125. The zero-order valence-electron chi connectivity index (χ0n) is 11.4. The van der Waals surface area contributed by atoms with Gasteiger partial charge in [0.25, 0.3) is 5.78 Å². The number of ketones is 1. The van der Waals surface area contributed by atoms with Crippen LogP contribution in [0.4, 0.5) is 0 Å². The van der Waals surface area contributed by atoms with Crippen molar-refractivity contribution in [2.45, 2.75) is 6.61 Å². The van der Waals surface area contributed by atoms with E-state index < -0.39 is 11.8 Å². The first-order valence-corrected chi connectivity index (χ1v) is 6.24. The molecule has 0 heterocycles. The number of aliphatic carboxylic acids is 1. The van der Waals surface area contributed by atoms with Crippen molar-refractivity contribution in [3.05, 3.63) is 59.7 Å². The van der Waals surface area contributed by atoms with Crippen LogP contribution in [0, 0.1) is 0 Å². The lowest BCUT2D eigenvalue weighted by Crippen LogP contribution is -2.12. The normalized spacial score (nSPS) is 9.95. The molecule has 108 valence electrons. The zero-order valence-corrected chi connectivity index (χ0v) is 11.4. The summed E-state index contributed by atoms with van der Waals surface area (Å²) >= 11 is 0. The predicted molar refractivity (Wildman–Crippen MR) is 75.7 cm³/mol. The van der Waals surface area contributed by atoms with Crippen LogP contribution in [-0.2, 0) is 11.4 Å². The number of carbonyl (C=O) groups is 2. The maximum Gasteiger partial charge on any atom is 0.377 e. The summed E-state index contributed by atoms with van der Waals surface area (Å²) in [5, 5.41) is 8.70. The van der Waals surface area contributed by atoms with Gasteiger partial charge in [0.15, 0.2) is 11.5 Å². The summed E-state index contributed by atoms with van der Waals surface area (Å²) in [6.07, 6.45) is 0. The van der Waals surface area contributed by atoms with E-state index in [0.29, 0.717) is 18.1 Å². The average molecular weight is 286 g/mol. The summed E-state index contributed by atoms with van der Waals surface area (Å²) in [7, 11) is 1.43. The van der Waals surface area contributed by atoms with E-state index >= 15 is 0 Å². The second-order valence-corrected chi connectivity index (χ2v) is 4.27. The molecule has 2 aromatic rings. The Kier molecular flexibility index (Phi) is 4.56. The first-order chi connectivity index (χ1) is 10.1. The Morgan fingerprint density at radius 2 is 1.76 bits per heavy atom. The molecule has 0 spiro atoms. The first kappa shape index (κ1) is 14.6. The van der Waals surface area contributed by atoms with Gasteiger partial charge in [0, 0.05) is 5.56 Å². The quantitative estimate of drug-likeness (QED) is 0.652. The van der Waals surface area contributed by atoms with Gasteiger partial charge in [0.1, 0.15) is 6.61 Å². The smallest absolute Gasteiger partial charge is 0.377 e. The third kappa shape index (κ3) is 3.60. The van der Waals surface area contributed by atoms with Gasteiger partial charge < -0.3 is 14.6 Å². The Bertz CT molecular complexity index is 649. The second-order valence-electron chi connectivity index (χ2n) is 4.27. The number of carboxylic acid groups (broad SMARTS) is 1. The Hall–Kier alpha value is -2.82. The molecule has 1 N–H and O–H groups in total. The Morgan fingerprint density at radius 3 is 2.38 bits per heavy atom. The van der Waals surface area contributed by atoms with Gasteiger partial charge in [-0.3, -0.25) is 4.79 Å². The van der Waals surface area contributed by atoms with Crippen LogP contribution < -0.4 is 9.47 Å². The lowest BCUT2D eigenvalue weighted by atomic mass is 10.1. The van der Waals surface area contributed by atoms with Gasteiger partial charge in [0.2, 0.25) is 0 Å². The molecule has 2 aromatic carbocycles. The van der Waals surface area contributed by atoms with E-state index in [1.807, 2.05) is 30.3 Å². The average Bonchev–Trinajstić information content (AvgIpc) is 2.53. The molecule has 0 radical (unpaired) electrons. The van der Waals surface area contributed by atoms with Crippen LogP contribution in [-0.4, -0.2) is 24.0 Å².